The van der Waals surface area contributed by atoms with E-state index in [4.69, 9.17) is 0 Å². The van der Waals surface area contributed by atoms with Gasteiger partial charge >= 0.3 is 0 Å². The first kappa shape index (κ1) is 14.6. The third-order valence-corrected chi connectivity index (χ3v) is 2.86. The number of likely N-dealkylation sites (N-methyl/N-ethyl adjacent to an activating group) is 1. The minimum atomic E-state index is -0.570. The zero-order valence-electron chi connectivity index (χ0n) is 10.6. The number of thiol groups is 1. The Hall–Kier alpha value is -1.49. The highest BCUT2D eigenvalue weighted by atomic mass is 32.1. The molecule has 98 valence electrons. The Kier molecular flexibility index (Phi) is 5.71. The Balaban J connectivity index is 2.62. The molecule has 0 aliphatic heterocycles. The first-order chi connectivity index (χ1) is 8.54. The van der Waals surface area contributed by atoms with Crippen LogP contribution in [0.2, 0.25) is 0 Å². The van der Waals surface area contributed by atoms with Crippen molar-refractivity contribution in [3.8, 4) is 0 Å². The highest BCUT2D eigenvalue weighted by Crippen LogP contribution is 2.05. The van der Waals surface area contributed by atoms with Gasteiger partial charge in [0.1, 0.15) is 6.04 Å². The van der Waals surface area contributed by atoms with Gasteiger partial charge in [-0.15, -0.1) is 0 Å². The summed E-state index contributed by atoms with van der Waals surface area (Å²) in [7, 11) is 1.72. The van der Waals surface area contributed by atoms with E-state index in [9.17, 15) is 9.59 Å². The van der Waals surface area contributed by atoms with Crippen molar-refractivity contribution in [3.05, 3.63) is 35.9 Å². The van der Waals surface area contributed by atoms with E-state index in [1.54, 1.807) is 11.9 Å². The lowest BCUT2D eigenvalue weighted by molar-refractivity contribution is -0.134. The summed E-state index contributed by atoms with van der Waals surface area (Å²) in [5.74, 6) is -0.0723. The van der Waals surface area contributed by atoms with Crippen LogP contribution in [0.15, 0.2) is 30.3 Å². The van der Waals surface area contributed by atoms with Crippen LogP contribution >= 0.6 is 12.6 Å². The maximum Gasteiger partial charge on any atom is 0.246 e. The lowest BCUT2D eigenvalue weighted by Gasteiger charge is -2.23. The molecule has 1 rings (SSSR count). The standard InChI is InChI=1S/C13H18N2O2S/c1-10(16)14-12(9-18)13(17)15(2)8-11-6-4-3-5-7-11/h3-7,12,18H,8-9H2,1-2H3,(H,14,16). The number of benzene rings is 1. The fourth-order valence-corrected chi connectivity index (χ4v) is 1.88. The molecule has 0 saturated carbocycles. The minimum absolute atomic E-state index is 0.135. The lowest BCUT2D eigenvalue weighted by Crippen LogP contribution is -2.47. The molecule has 0 heterocycles. The van der Waals surface area contributed by atoms with E-state index >= 15 is 0 Å². The highest BCUT2D eigenvalue weighted by Gasteiger charge is 2.21. The summed E-state index contributed by atoms with van der Waals surface area (Å²) < 4.78 is 0. The maximum atomic E-state index is 12.1. The highest BCUT2D eigenvalue weighted by molar-refractivity contribution is 7.80. The monoisotopic (exact) mass is 266 g/mol. The predicted octanol–water partition coefficient (Wildman–Crippen LogP) is 1.08. The Morgan fingerprint density at radius 1 is 1.33 bits per heavy atom. The van der Waals surface area contributed by atoms with Crippen LogP contribution in [0.5, 0.6) is 0 Å². The molecule has 1 unspecified atom stereocenters. The Labute approximate surface area is 113 Å². The topological polar surface area (TPSA) is 49.4 Å². The van der Waals surface area contributed by atoms with E-state index in [1.807, 2.05) is 30.3 Å². The first-order valence-electron chi connectivity index (χ1n) is 5.71. The summed E-state index contributed by atoms with van der Waals surface area (Å²) in [5.41, 5.74) is 1.05. The number of nitrogens with one attached hydrogen (secondary N) is 1. The van der Waals surface area contributed by atoms with Crippen molar-refractivity contribution < 1.29 is 9.59 Å². The number of carbonyl (C=O) groups is 2. The molecule has 0 aromatic heterocycles. The van der Waals surface area contributed by atoms with Gasteiger partial charge in [0.05, 0.1) is 0 Å². The molecule has 1 atom stereocenters. The molecule has 1 aromatic rings. The molecule has 2 amide bonds. The van der Waals surface area contributed by atoms with Crippen molar-refractivity contribution >= 4 is 24.4 Å². The number of nitrogens with zero attached hydrogens (tertiary/aromatic N) is 1. The van der Waals surface area contributed by atoms with Gasteiger partial charge in [0.2, 0.25) is 11.8 Å². The second-order valence-electron chi connectivity index (χ2n) is 4.12. The Morgan fingerprint density at radius 2 is 1.94 bits per heavy atom. The summed E-state index contributed by atoms with van der Waals surface area (Å²) in [6.45, 7) is 1.91. The van der Waals surface area contributed by atoms with Gasteiger partial charge in [-0.3, -0.25) is 9.59 Å². The van der Waals surface area contributed by atoms with Crippen LogP contribution in [-0.4, -0.2) is 35.6 Å². The Bertz CT molecular complexity index is 409. The van der Waals surface area contributed by atoms with Crippen molar-refractivity contribution in [2.75, 3.05) is 12.8 Å². The average molecular weight is 266 g/mol. The third-order valence-electron chi connectivity index (χ3n) is 2.50. The second kappa shape index (κ2) is 7.06. The van der Waals surface area contributed by atoms with E-state index in [1.165, 1.54) is 6.92 Å². The van der Waals surface area contributed by atoms with E-state index in [0.717, 1.165) is 5.56 Å². The fraction of sp³-hybridized carbons (Fsp3) is 0.385. The third kappa shape index (κ3) is 4.41. The van der Waals surface area contributed by atoms with Crippen molar-refractivity contribution in [1.29, 1.82) is 0 Å². The fourth-order valence-electron chi connectivity index (χ4n) is 1.63. The maximum absolute atomic E-state index is 12.1. The number of rotatable bonds is 5. The van der Waals surface area contributed by atoms with Crippen molar-refractivity contribution in [1.82, 2.24) is 10.2 Å². The molecule has 18 heavy (non-hydrogen) atoms. The number of amides is 2. The molecule has 0 aliphatic carbocycles. The van der Waals surface area contributed by atoms with E-state index in [0.29, 0.717) is 6.54 Å². The molecule has 0 spiro atoms. The van der Waals surface area contributed by atoms with Crippen LogP contribution in [0.3, 0.4) is 0 Å². The minimum Gasteiger partial charge on any atom is -0.344 e. The van der Waals surface area contributed by atoms with Crippen LogP contribution in [0.4, 0.5) is 0 Å². The van der Waals surface area contributed by atoms with Gasteiger partial charge < -0.3 is 10.2 Å². The second-order valence-corrected chi connectivity index (χ2v) is 4.48. The molecule has 1 N–H and O–H groups in total. The predicted molar refractivity (Wildman–Crippen MR) is 74.4 cm³/mol. The molecule has 0 fully saturated rings. The normalized spacial score (nSPS) is 11.7. The van der Waals surface area contributed by atoms with Crippen LogP contribution < -0.4 is 5.32 Å². The summed E-state index contributed by atoms with van der Waals surface area (Å²) in [6, 6.07) is 9.13. The van der Waals surface area contributed by atoms with Crippen LogP contribution in [0.1, 0.15) is 12.5 Å². The van der Waals surface area contributed by atoms with E-state index in [-0.39, 0.29) is 17.6 Å². The molecule has 4 nitrogen and oxygen atoms in total. The number of carbonyl (C=O) groups excluding carboxylic acids is 2. The average Bonchev–Trinajstić information content (AvgIpc) is 2.36. The largest absolute Gasteiger partial charge is 0.344 e. The summed E-state index contributed by atoms with van der Waals surface area (Å²) >= 11 is 4.09. The van der Waals surface area contributed by atoms with Gasteiger partial charge in [0.15, 0.2) is 0 Å². The van der Waals surface area contributed by atoms with Crippen molar-refractivity contribution in [2.24, 2.45) is 0 Å². The molecule has 0 saturated heterocycles. The zero-order valence-corrected chi connectivity index (χ0v) is 11.5. The molecule has 0 radical (unpaired) electrons. The van der Waals surface area contributed by atoms with E-state index in [2.05, 4.69) is 17.9 Å². The molecular formula is C13H18N2O2S. The quantitative estimate of drug-likeness (QED) is 0.784. The molecule has 1 aromatic carbocycles. The van der Waals surface area contributed by atoms with Gasteiger partial charge in [-0.05, 0) is 5.56 Å². The number of hydrogen-bond acceptors (Lipinski definition) is 3. The molecular weight excluding hydrogens is 248 g/mol. The van der Waals surface area contributed by atoms with Gasteiger partial charge in [0.25, 0.3) is 0 Å². The van der Waals surface area contributed by atoms with Gasteiger partial charge in [0, 0.05) is 26.3 Å². The first-order valence-corrected chi connectivity index (χ1v) is 6.34. The van der Waals surface area contributed by atoms with Gasteiger partial charge in [-0.1, -0.05) is 30.3 Å². The SMILES string of the molecule is CC(=O)NC(CS)C(=O)N(C)Cc1ccccc1. The molecule has 5 heteroatoms. The Morgan fingerprint density at radius 3 is 2.44 bits per heavy atom. The number of hydrogen-bond donors (Lipinski definition) is 2. The van der Waals surface area contributed by atoms with Crippen molar-refractivity contribution in [3.63, 3.8) is 0 Å². The molecule has 0 bridgehead atoms. The van der Waals surface area contributed by atoms with Crippen LogP contribution in [0, 0.1) is 0 Å². The van der Waals surface area contributed by atoms with E-state index < -0.39 is 6.04 Å². The summed E-state index contributed by atoms with van der Waals surface area (Å²) in [5, 5.41) is 2.59. The van der Waals surface area contributed by atoms with Crippen LogP contribution in [-0.2, 0) is 16.1 Å². The van der Waals surface area contributed by atoms with Crippen molar-refractivity contribution in [2.45, 2.75) is 19.5 Å². The van der Waals surface area contributed by atoms with Gasteiger partial charge in [-0.2, -0.15) is 12.6 Å². The lowest BCUT2D eigenvalue weighted by atomic mass is 10.2. The van der Waals surface area contributed by atoms with Gasteiger partial charge in [-0.25, -0.2) is 0 Å². The zero-order chi connectivity index (χ0) is 13.5. The molecule has 0 aliphatic rings. The van der Waals surface area contributed by atoms with Crippen LogP contribution in [0.25, 0.3) is 0 Å². The smallest absolute Gasteiger partial charge is 0.246 e. The summed E-state index contributed by atoms with van der Waals surface area (Å²) in [6.07, 6.45) is 0. The summed E-state index contributed by atoms with van der Waals surface area (Å²) in [4.78, 5) is 24.6.